The number of rotatable bonds is 1. The summed E-state index contributed by atoms with van der Waals surface area (Å²) in [5, 5.41) is 2.63. The van der Waals surface area contributed by atoms with Gasteiger partial charge in [0.2, 0.25) is 0 Å². The number of urea groups is 1. The van der Waals surface area contributed by atoms with Gasteiger partial charge in [0.15, 0.2) is 6.23 Å². The van der Waals surface area contributed by atoms with E-state index in [1.165, 1.54) is 4.90 Å². The number of hydrogen-bond donors (Lipinski definition) is 1. The number of nitrogens with zero attached hydrogens (tertiary/aromatic N) is 1. The maximum Gasteiger partial charge on any atom is 0.319 e. The van der Waals surface area contributed by atoms with Crippen LogP contribution in [0, 0.1) is 0 Å². The Hall–Kier alpha value is -0.770. The minimum atomic E-state index is -0.0856. The molecular weight excluding hydrogens is 120 g/mol. The van der Waals surface area contributed by atoms with Gasteiger partial charge >= 0.3 is 6.03 Å². The van der Waals surface area contributed by atoms with Crippen LogP contribution in [-0.4, -0.2) is 37.9 Å². The molecule has 2 amide bonds. The minimum absolute atomic E-state index is 0.0677. The van der Waals surface area contributed by atoms with Crippen LogP contribution in [0.25, 0.3) is 0 Å². The van der Waals surface area contributed by atoms with Crippen molar-refractivity contribution in [2.24, 2.45) is 0 Å². The molecule has 52 valence electrons. The Kier molecular flexibility index (Phi) is 1.57. The largest absolute Gasteiger partial charge is 0.360 e. The molecule has 1 unspecified atom stereocenters. The highest BCUT2D eigenvalue weighted by atomic mass is 16.5. The molecule has 1 saturated heterocycles. The molecule has 4 heteroatoms. The molecule has 1 atom stereocenters. The van der Waals surface area contributed by atoms with Crippen LogP contribution in [0.5, 0.6) is 0 Å². The Balaban J connectivity index is 2.51. The number of carbonyl (C=O) groups excluding carboxylic acids is 1. The van der Waals surface area contributed by atoms with Crippen molar-refractivity contribution >= 4 is 6.03 Å². The van der Waals surface area contributed by atoms with Crippen molar-refractivity contribution in [3.05, 3.63) is 0 Å². The first-order chi connectivity index (χ1) is 4.25. The molecule has 1 aliphatic heterocycles. The lowest BCUT2D eigenvalue weighted by Crippen LogP contribution is -2.30. The van der Waals surface area contributed by atoms with Crippen molar-refractivity contribution in [3.63, 3.8) is 0 Å². The second kappa shape index (κ2) is 2.23. The molecule has 0 bridgehead atoms. The summed E-state index contributed by atoms with van der Waals surface area (Å²) in [4.78, 5) is 12.2. The Morgan fingerprint density at radius 2 is 2.56 bits per heavy atom. The molecular formula is C5H10N2O2. The lowest BCUT2D eigenvalue weighted by molar-refractivity contribution is 0.0328. The van der Waals surface area contributed by atoms with Gasteiger partial charge in [0.05, 0.1) is 6.54 Å². The Bertz CT molecular complexity index is 126. The van der Waals surface area contributed by atoms with Crippen LogP contribution in [0.2, 0.25) is 0 Å². The van der Waals surface area contributed by atoms with Gasteiger partial charge in [0, 0.05) is 14.2 Å². The fraction of sp³-hybridized carbons (Fsp3) is 0.800. The van der Waals surface area contributed by atoms with Gasteiger partial charge in [-0.3, -0.25) is 0 Å². The van der Waals surface area contributed by atoms with E-state index in [9.17, 15) is 4.79 Å². The first kappa shape index (κ1) is 6.35. The van der Waals surface area contributed by atoms with Crippen molar-refractivity contribution in [1.82, 2.24) is 10.2 Å². The highest BCUT2D eigenvalue weighted by Gasteiger charge is 2.25. The van der Waals surface area contributed by atoms with Crippen LogP contribution in [-0.2, 0) is 4.74 Å². The second-order valence-electron chi connectivity index (χ2n) is 1.99. The summed E-state index contributed by atoms with van der Waals surface area (Å²) >= 11 is 0. The van der Waals surface area contributed by atoms with E-state index in [4.69, 9.17) is 4.74 Å². The van der Waals surface area contributed by atoms with Crippen molar-refractivity contribution in [3.8, 4) is 0 Å². The maximum atomic E-state index is 10.7. The van der Waals surface area contributed by atoms with Gasteiger partial charge in [-0.05, 0) is 0 Å². The lowest BCUT2D eigenvalue weighted by atomic mass is 10.6. The van der Waals surface area contributed by atoms with Crippen molar-refractivity contribution in [2.75, 3.05) is 20.7 Å². The van der Waals surface area contributed by atoms with Crippen LogP contribution >= 0.6 is 0 Å². The Morgan fingerprint density at radius 3 is 2.78 bits per heavy atom. The van der Waals surface area contributed by atoms with Crippen molar-refractivity contribution in [2.45, 2.75) is 6.23 Å². The number of methoxy groups -OCH3 is 1. The molecule has 0 radical (unpaired) electrons. The molecule has 0 spiro atoms. The summed E-state index contributed by atoms with van der Waals surface area (Å²) in [6.07, 6.45) is -0.0856. The molecule has 9 heavy (non-hydrogen) atoms. The predicted molar refractivity (Wildman–Crippen MR) is 32.0 cm³/mol. The summed E-state index contributed by atoms with van der Waals surface area (Å²) in [7, 11) is 3.29. The number of carbonyl (C=O) groups is 1. The van der Waals surface area contributed by atoms with Gasteiger partial charge in [0.1, 0.15) is 0 Å². The second-order valence-corrected chi connectivity index (χ2v) is 1.99. The van der Waals surface area contributed by atoms with E-state index in [1.54, 1.807) is 14.2 Å². The first-order valence-electron chi connectivity index (χ1n) is 2.79. The molecule has 0 aromatic rings. The van der Waals surface area contributed by atoms with E-state index in [1.807, 2.05) is 0 Å². The summed E-state index contributed by atoms with van der Waals surface area (Å²) in [5.41, 5.74) is 0. The summed E-state index contributed by atoms with van der Waals surface area (Å²) < 4.78 is 4.94. The summed E-state index contributed by atoms with van der Waals surface area (Å²) in [5.74, 6) is 0. The Morgan fingerprint density at radius 1 is 1.89 bits per heavy atom. The third-order valence-corrected chi connectivity index (χ3v) is 1.45. The number of ether oxygens (including phenoxy) is 1. The molecule has 0 aliphatic carbocycles. The van der Waals surface area contributed by atoms with Crippen LogP contribution in [0.15, 0.2) is 0 Å². The van der Waals surface area contributed by atoms with E-state index < -0.39 is 0 Å². The molecule has 1 aliphatic rings. The van der Waals surface area contributed by atoms with Crippen LogP contribution in [0.1, 0.15) is 0 Å². The SMILES string of the molecule is COC1CNC(=O)N1C. The smallest absolute Gasteiger partial charge is 0.319 e. The highest BCUT2D eigenvalue weighted by Crippen LogP contribution is 2.02. The van der Waals surface area contributed by atoms with Crippen LogP contribution in [0.3, 0.4) is 0 Å². The lowest BCUT2D eigenvalue weighted by Gasteiger charge is -2.14. The van der Waals surface area contributed by atoms with Crippen LogP contribution in [0.4, 0.5) is 4.79 Å². The average molecular weight is 130 g/mol. The van der Waals surface area contributed by atoms with Crippen molar-refractivity contribution in [1.29, 1.82) is 0 Å². The number of likely N-dealkylation sites (N-methyl/N-ethyl adjacent to an activating group) is 1. The van der Waals surface area contributed by atoms with E-state index in [-0.39, 0.29) is 12.3 Å². The van der Waals surface area contributed by atoms with Gasteiger partial charge in [-0.2, -0.15) is 0 Å². The molecule has 1 N–H and O–H groups in total. The first-order valence-corrected chi connectivity index (χ1v) is 2.79. The molecule has 1 rings (SSSR count). The van der Waals surface area contributed by atoms with Gasteiger partial charge in [-0.25, -0.2) is 4.79 Å². The zero-order valence-corrected chi connectivity index (χ0v) is 5.55. The molecule has 1 heterocycles. The zero-order chi connectivity index (χ0) is 6.85. The van der Waals surface area contributed by atoms with E-state index in [0.717, 1.165) is 0 Å². The van der Waals surface area contributed by atoms with Crippen LogP contribution < -0.4 is 5.32 Å². The van der Waals surface area contributed by atoms with Gasteiger partial charge < -0.3 is 15.0 Å². The third kappa shape index (κ3) is 0.977. The number of nitrogens with one attached hydrogen (secondary N) is 1. The molecule has 1 fully saturated rings. The molecule has 4 nitrogen and oxygen atoms in total. The quantitative estimate of drug-likeness (QED) is 0.525. The van der Waals surface area contributed by atoms with E-state index >= 15 is 0 Å². The summed E-state index contributed by atoms with van der Waals surface area (Å²) in [6, 6.07) is -0.0677. The maximum absolute atomic E-state index is 10.7. The van der Waals surface area contributed by atoms with Gasteiger partial charge in [-0.1, -0.05) is 0 Å². The standard InChI is InChI=1S/C5H10N2O2/c1-7-4(9-2)3-6-5(7)8/h4H,3H2,1-2H3,(H,6,8). The minimum Gasteiger partial charge on any atom is -0.360 e. The topological polar surface area (TPSA) is 41.6 Å². The van der Waals surface area contributed by atoms with E-state index in [0.29, 0.717) is 6.54 Å². The Labute approximate surface area is 53.8 Å². The molecule has 0 aromatic carbocycles. The van der Waals surface area contributed by atoms with Gasteiger partial charge in [-0.15, -0.1) is 0 Å². The monoisotopic (exact) mass is 130 g/mol. The van der Waals surface area contributed by atoms with Gasteiger partial charge in [0.25, 0.3) is 0 Å². The van der Waals surface area contributed by atoms with E-state index in [2.05, 4.69) is 5.32 Å². The fourth-order valence-corrected chi connectivity index (χ4v) is 0.808. The highest BCUT2D eigenvalue weighted by molar-refractivity contribution is 5.76. The number of hydrogen-bond acceptors (Lipinski definition) is 2. The number of amides is 2. The summed E-state index contributed by atoms with van der Waals surface area (Å²) in [6.45, 7) is 0.589. The fourth-order valence-electron chi connectivity index (χ4n) is 0.808. The third-order valence-electron chi connectivity index (χ3n) is 1.45. The average Bonchev–Trinajstić information content (AvgIpc) is 2.15. The molecule has 0 aromatic heterocycles. The predicted octanol–water partition coefficient (Wildman–Crippen LogP) is -0.386. The zero-order valence-electron chi connectivity index (χ0n) is 5.55. The normalized spacial score (nSPS) is 26.7. The molecule has 0 saturated carbocycles. The van der Waals surface area contributed by atoms with Crippen molar-refractivity contribution < 1.29 is 9.53 Å².